The molecule has 0 saturated heterocycles. The number of rotatable bonds is 5. The monoisotopic (exact) mass is 330 g/mol. The standard InChI is InChI=1S/C17H23FN6/c1-24(2)16-22-14(21-15(19)23-16)11-20-17(9-3-4-10-17)12-5-7-13(18)8-6-12/h5-8,20H,3-4,9-11H2,1-2H3,(H2,19,21,22,23). The summed E-state index contributed by atoms with van der Waals surface area (Å²) < 4.78 is 13.2. The Morgan fingerprint density at radius 2 is 1.79 bits per heavy atom. The molecule has 1 heterocycles. The smallest absolute Gasteiger partial charge is 0.229 e. The highest BCUT2D eigenvalue weighted by Gasteiger charge is 2.35. The van der Waals surface area contributed by atoms with Crippen LogP contribution in [0.1, 0.15) is 37.1 Å². The van der Waals surface area contributed by atoms with Gasteiger partial charge in [0.05, 0.1) is 6.54 Å². The summed E-state index contributed by atoms with van der Waals surface area (Å²) in [5, 5.41) is 3.59. The van der Waals surface area contributed by atoms with Crippen molar-refractivity contribution in [1.29, 1.82) is 0 Å². The van der Waals surface area contributed by atoms with Crippen molar-refractivity contribution in [3.63, 3.8) is 0 Å². The number of hydrogen-bond donors (Lipinski definition) is 2. The normalized spacial score (nSPS) is 16.3. The Kier molecular flexibility index (Phi) is 4.62. The molecule has 0 aliphatic heterocycles. The first kappa shape index (κ1) is 16.6. The minimum atomic E-state index is -0.215. The van der Waals surface area contributed by atoms with Crippen molar-refractivity contribution in [1.82, 2.24) is 20.3 Å². The fraction of sp³-hybridized carbons (Fsp3) is 0.471. The summed E-state index contributed by atoms with van der Waals surface area (Å²) in [4.78, 5) is 14.6. The van der Waals surface area contributed by atoms with Gasteiger partial charge >= 0.3 is 0 Å². The SMILES string of the molecule is CN(C)c1nc(N)nc(CNC2(c3ccc(F)cc3)CCCC2)n1. The van der Waals surface area contributed by atoms with E-state index in [1.165, 1.54) is 12.1 Å². The largest absolute Gasteiger partial charge is 0.368 e. The lowest BCUT2D eigenvalue weighted by Crippen LogP contribution is -2.40. The van der Waals surface area contributed by atoms with Crippen LogP contribution in [0.4, 0.5) is 16.3 Å². The van der Waals surface area contributed by atoms with Crippen LogP contribution in [0.5, 0.6) is 0 Å². The Hall–Kier alpha value is -2.28. The topological polar surface area (TPSA) is 80.0 Å². The quantitative estimate of drug-likeness (QED) is 0.875. The van der Waals surface area contributed by atoms with E-state index in [1.54, 1.807) is 4.90 Å². The molecule has 3 N–H and O–H groups in total. The molecule has 6 nitrogen and oxygen atoms in total. The molecule has 128 valence electrons. The first-order valence-corrected chi connectivity index (χ1v) is 8.17. The molecule has 1 aromatic heterocycles. The molecule has 0 atom stereocenters. The van der Waals surface area contributed by atoms with Crippen molar-refractivity contribution in [2.24, 2.45) is 0 Å². The van der Waals surface area contributed by atoms with Gasteiger partial charge in [-0.15, -0.1) is 0 Å². The molecule has 1 saturated carbocycles. The van der Waals surface area contributed by atoms with Gasteiger partial charge in [0.25, 0.3) is 0 Å². The zero-order chi connectivity index (χ0) is 17.2. The molecular formula is C17H23FN6. The van der Waals surface area contributed by atoms with Crippen LogP contribution in [0, 0.1) is 5.82 Å². The van der Waals surface area contributed by atoms with E-state index in [2.05, 4.69) is 20.3 Å². The predicted molar refractivity (Wildman–Crippen MR) is 92.0 cm³/mol. The van der Waals surface area contributed by atoms with E-state index in [4.69, 9.17) is 5.73 Å². The fourth-order valence-electron chi connectivity index (χ4n) is 3.27. The third-order valence-electron chi connectivity index (χ3n) is 4.53. The molecule has 0 bridgehead atoms. The molecule has 1 aromatic carbocycles. The Morgan fingerprint density at radius 3 is 2.42 bits per heavy atom. The first-order chi connectivity index (χ1) is 11.5. The highest BCUT2D eigenvalue weighted by molar-refractivity contribution is 5.33. The summed E-state index contributed by atoms with van der Waals surface area (Å²) in [6.07, 6.45) is 4.32. The van der Waals surface area contributed by atoms with E-state index in [1.807, 2.05) is 26.2 Å². The Morgan fingerprint density at radius 1 is 1.12 bits per heavy atom. The second-order valence-electron chi connectivity index (χ2n) is 6.45. The van der Waals surface area contributed by atoms with Crippen LogP contribution in [0.3, 0.4) is 0 Å². The highest BCUT2D eigenvalue weighted by Crippen LogP contribution is 2.39. The summed E-state index contributed by atoms with van der Waals surface area (Å²) in [5.74, 6) is 1.15. The second-order valence-corrected chi connectivity index (χ2v) is 6.45. The van der Waals surface area contributed by atoms with Gasteiger partial charge in [-0.2, -0.15) is 15.0 Å². The molecule has 0 amide bonds. The van der Waals surface area contributed by atoms with Crippen molar-refractivity contribution >= 4 is 11.9 Å². The van der Waals surface area contributed by atoms with Crippen LogP contribution in [-0.4, -0.2) is 29.0 Å². The molecule has 3 rings (SSSR count). The average molecular weight is 330 g/mol. The van der Waals surface area contributed by atoms with Gasteiger partial charge in [0.15, 0.2) is 0 Å². The maximum atomic E-state index is 13.2. The van der Waals surface area contributed by atoms with E-state index < -0.39 is 0 Å². The van der Waals surface area contributed by atoms with Gasteiger partial charge in [0.2, 0.25) is 11.9 Å². The second kappa shape index (κ2) is 6.68. The van der Waals surface area contributed by atoms with Crippen LogP contribution >= 0.6 is 0 Å². The highest BCUT2D eigenvalue weighted by atomic mass is 19.1. The molecule has 1 aliphatic carbocycles. The number of anilines is 2. The van der Waals surface area contributed by atoms with E-state index in [-0.39, 0.29) is 17.3 Å². The van der Waals surface area contributed by atoms with Crippen LogP contribution in [0.15, 0.2) is 24.3 Å². The van der Waals surface area contributed by atoms with Gasteiger partial charge in [0, 0.05) is 19.6 Å². The van der Waals surface area contributed by atoms with E-state index >= 15 is 0 Å². The summed E-state index contributed by atoms with van der Waals surface area (Å²) in [6, 6.07) is 6.76. The molecule has 0 radical (unpaired) electrons. The van der Waals surface area contributed by atoms with Crippen LogP contribution in [0.25, 0.3) is 0 Å². The number of hydrogen-bond acceptors (Lipinski definition) is 6. The lowest BCUT2D eigenvalue weighted by Gasteiger charge is -2.31. The van der Waals surface area contributed by atoms with E-state index in [9.17, 15) is 4.39 Å². The molecule has 1 fully saturated rings. The lowest BCUT2D eigenvalue weighted by atomic mass is 9.88. The minimum Gasteiger partial charge on any atom is -0.368 e. The molecule has 7 heteroatoms. The fourth-order valence-corrected chi connectivity index (χ4v) is 3.27. The summed E-state index contributed by atoms with van der Waals surface area (Å²) in [7, 11) is 3.73. The summed E-state index contributed by atoms with van der Waals surface area (Å²) in [6.45, 7) is 0.491. The molecule has 2 aromatic rings. The molecular weight excluding hydrogens is 307 g/mol. The number of benzene rings is 1. The van der Waals surface area contributed by atoms with Crippen molar-refractivity contribution < 1.29 is 4.39 Å². The number of halogens is 1. The third kappa shape index (κ3) is 3.46. The van der Waals surface area contributed by atoms with Crippen molar-refractivity contribution in [2.45, 2.75) is 37.8 Å². The van der Waals surface area contributed by atoms with Crippen LogP contribution < -0.4 is 16.0 Å². The van der Waals surface area contributed by atoms with Gasteiger partial charge in [-0.3, -0.25) is 0 Å². The zero-order valence-electron chi connectivity index (χ0n) is 14.1. The molecule has 1 aliphatic rings. The number of nitrogens with one attached hydrogen (secondary N) is 1. The summed E-state index contributed by atoms with van der Waals surface area (Å²) in [5.41, 5.74) is 6.73. The maximum Gasteiger partial charge on any atom is 0.229 e. The first-order valence-electron chi connectivity index (χ1n) is 8.17. The molecule has 0 spiro atoms. The van der Waals surface area contributed by atoms with Crippen LogP contribution in [0.2, 0.25) is 0 Å². The molecule has 24 heavy (non-hydrogen) atoms. The number of aromatic nitrogens is 3. The average Bonchev–Trinajstić information content (AvgIpc) is 3.03. The minimum absolute atomic E-state index is 0.159. The van der Waals surface area contributed by atoms with Crippen LogP contribution in [-0.2, 0) is 12.1 Å². The third-order valence-corrected chi connectivity index (χ3v) is 4.53. The number of nitrogens with zero attached hydrogens (tertiary/aromatic N) is 4. The van der Waals surface area contributed by atoms with E-state index in [0.717, 1.165) is 31.2 Å². The van der Waals surface area contributed by atoms with Crippen molar-refractivity contribution in [3.05, 3.63) is 41.5 Å². The predicted octanol–water partition coefficient (Wildman–Crippen LogP) is 2.22. The van der Waals surface area contributed by atoms with Gasteiger partial charge in [-0.1, -0.05) is 25.0 Å². The number of nitrogen functional groups attached to an aromatic ring is 1. The zero-order valence-corrected chi connectivity index (χ0v) is 14.1. The Labute approximate surface area is 141 Å². The van der Waals surface area contributed by atoms with Gasteiger partial charge in [-0.25, -0.2) is 4.39 Å². The van der Waals surface area contributed by atoms with Gasteiger partial charge in [0.1, 0.15) is 11.6 Å². The maximum absolute atomic E-state index is 13.2. The molecule has 0 unspecified atom stereocenters. The summed E-state index contributed by atoms with van der Waals surface area (Å²) >= 11 is 0. The van der Waals surface area contributed by atoms with Crippen molar-refractivity contribution in [2.75, 3.05) is 24.7 Å². The van der Waals surface area contributed by atoms with E-state index in [0.29, 0.717) is 18.3 Å². The van der Waals surface area contributed by atoms with Crippen molar-refractivity contribution in [3.8, 4) is 0 Å². The Balaban J connectivity index is 1.81. The number of nitrogens with two attached hydrogens (primary N) is 1. The van der Waals surface area contributed by atoms with Gasteiger partial charge < -0.3 is 16.0 Å². The van der Waals surface area contributed by atoms with Gasteiger partial charge in [-0.05, 0) is 30.5 Å². The Bertz CT molecular complexity index is 695. The lowest BCUT2D eigenvalue weighted by molar-refractivity contribution is 0.334.